The van der Waals surface area contributed by atoms with Crippen molar-refractivity contribution in [2.75, 3.05) is 6.54 Å². The predicted molar refractivity (Wildman–Crippen MR) is 52.4 cm³/mol. The molecule has 0 radical (unpaired) electrons. The van der Waals surface area contributed by atoms with Crippen LogP contribution in [-0.2, 0) is 0 Å². The van der Waals surface area contributed by atoms with E-state index >= 15 is 0 Å². The van der Waals surface area contributed by atoms with E-state index in [1.165, 1.54) is 12.8 Å². The summed E-state index contributed by atoms with van der Waals surface area (Å²) in [5.41, 5.74) is 5.96. The van der Waals surface area contributed by atoms with E-state index in [1.54, 1.807) is 0 Å². The predicted octanol–water partition coefficient (Wildman–Crippen LogP) is 0.321. The van der Waals surface area contributed by atoms with Crippen LogP contribution < -0.4 is 5.73 Å². The number of hydrogen-bond acceptors (Lipinski definition) is 3. The quantitative estimate of drug-likeness (QED) is 0.650. The minimum absolute atomic E-state index is 0.197. The van der Waals surface area contributed by atoms with Crippen LogP contribution >= 0.6 is 0 Å². The van der Waals surface area contributed by atoms with Gasteiger partial charge in [-0.3, -0.25) is 4.90 Å². The lowest BCUT2D eigenvalue weighted by Crippen LogP contribution is -2.49. The van der Waals surface area contributed by atoms with Crippen molar-refractivity contribution in [2.24, 2.45) is 5.73 Å². The second-order valence-electron chi connectivity index (χ2n) is 4.66. The third-order valence-corrected chi connectivity index (χ3v) is 3.40. The van der Waals surface area contributed by atoms with Crippen LogP contribution in [0.15, 0.2) is 0 Å². The molecule has 0 aromatic rings. The Labute approximate surface area is 79.9 Å². The van der Waals surface area contributed by atoms with E-state index in [-0.39, 0.29) is 6.10 Å². The molecule has 3 nitrogen and oxygen atoms in total. The molecule has 2 saturated heterocycles. The molecule has 2 unspecified atom stereocenters. The lowest BCUT2D eigenvalue weighted by Gasteiger charge is -2.38. The van der Waals surface area contributed by atoms with E-state index in [0.717, 1.165) is 19.4 Å². The lowest BCUT2D eigenvalue weighted by atomic mass is 9.98. The SMILES string of the molecule is C[C@H](O)CN1C2CCC1CC(N)C2. The van der Waals surface area contributed by atoms with Crippen molar-refractivity contribution in [1.29, 1.82) is 0 Å². The summed E-state index contributed by atoms with van der Waals surface area (Å²) in [4.78, 5) is 2.47. The van der Waals surface area contributed by atoms with Gasteiger partial charge in [0.1, 0.15) is 0 Å². The molecule has 13 heavy (non-hydrogen) atoms. The van der Waals surface area contributed by atoms with Crippen molar-refractivity contribution in [2.45, 2.75) is 56.8 Å². The number of fused-ring (bicyclic) bond motifs is 2. The van der Waals surface area contributed by atoms with Gasteiger partial charge in [0.2, 0.25) is 0 Å². The molecule has 0 aliphatic carbocycles. The number of hydrogen-bond donors (Lipinski definition) is 2. The molecule has 0 aromatic carbocycles. The van der Waals surface area contributed by atoms with E-state index in [4.69, 9.17) is 5.73 Å². The van der Waals surface area contributed by atoms with Gasteiger partial charge in [0, 0.05) is 24.7 Å². The van der Waals surface area contributed by atoms with E-state index in [2.05, 4.69) is 4.90 Å². The summed E-state index contributed by atoms with van der Waals surface area (Å²) in [5, 5.41) is 9.36. The smallest absolute Gasteiger partial charge is 0.0639 e. The molecule has 76 valence electrons. The van der Waals surface area contributed by atoms with Crippen LogP contribution in [0.1, 0.15) is 32.6 Å². The van der Waals surface area contributed by atoms with E-state index in [1.807, 2.05) is 6.92 Å². The Morgan fingerprint density at radius 3 is 2.38 bits per heavy atom. The van der Waals surface area contributed by atoms with Crippen LogP contribution in [0.3, 0.4) is 0 Å². The van der Waals surface area contributed by atoms with Gasteiger partial charge in [-0.05, 0) is 32.6 Å². The minimum atomic E-state index is -0.197. The highest BCUT2D eigenvalue weighted by Gasteiger charge is 2.39. The second kappa shape index (κ2) is 3.56. The molecule has 2 aliphatic heterocycles. The number of nitrogens with zero attached hydrogens (tertiary/aromatic N) is 1. The van der Waals surface area contributed by atoms with Gasteiger partial charge >= 0.3 is 0 Å². The van der Waals surface area contributed by atoms with Crippen molar-refractivity contribution < 1.29 is 5.11 Å². The zero-order chi connectivity index (χ0) is 9.42. The van der Waals surface area contributed by atoms with Crippen molar-refractivity contribution in [3.05, 3.63) is 0 Å². The fourth-order valence-electron chi connectivity index (χ4n) is 2.92. The van der Waals surface area contributed by atoms with Gasteiger partial charge in [0.05, 0.1) is 6.10 Å². The van der Waals surface area contributed by atoms with Crippen molar-refractivity contribution in [1.82, 2.24) is 4.90 Å². The molecule has 2 rings (SSSR count). The Morgan fingerprint density at radius 1 is 1.38 bits per heavy atom. The van der Waals surface area contributed by atoms with Gasteiger partial charge < -0.3 is 10.8 Å². The number of nitrogens with two attached hydrogens (primary N) is 1. The summed E-state index contributed by atoms with van der Waals surface area (Å²) in [6.07, 6.45) is 4.63. The van der Waals surface area contributed by atoms with Gasteiger partial charge in [0.15, 0.2) is 0 Å². The molecule has 2 fully saturated rings. The molecule has 0 amide bonds. The summed E-state index contributed by atoms with van der Waals surface area (Å²) in [7, 11) is 0. The average Bonchev–Trinajstić information content (AvgIpc) is 2.32. The molecule has 2 aliphatic rings. The molecule has 2 bridgehead atoms. The normalized spacial score (nSPS) is 42.2. The first kappa shape index (κ1) is 9.44. The van der Waals surface area contributed by atoms with Gasteiger partial charge in [-0.25, -0.2) is 0 Å². The van der Waals surface area contributed by atoms with Crippen molar-refractivity contribution in [3.8, 4) is 0 Å². The molecule has 0 spiro atoms. The Hall–Kier alpha value is -0.120. The van der Waals surface area contributed by atoms with E-state index in [9.17, 15) is 5.11 Å². The summed E-state index contributed by atoms with van der Waals surface area (Å²) < 4.78 is 0. The average molecular weight is 184 g/mol. The highest BCUT2D eigenvalue weighted by atomic mass is 16.3. The van der Waals surface area contributed by atoms with E-state index < -0.39 is 0 Å². The Morgan fingerprint density at radius 2 is 1.92 bits per heavy atom. The molecule has 3 atom stereocenters. The third-order valence-electron chi connectivity index (χ3n) is 3.40. The third kappa shape index (κ3) is 1.87. The largest absolute Gasteiger partial charge is 0.392 e. The van der Waals surface area contributed by atoms with Gasteiger partial charge in [-0.1, -0.05) is 0 Å². The Bertz CT molecular complexity index is 170. The topological polar surface area (TPSA) is 49.5 Å². The molecule has 0 saturated carbocycles. The molecule has 0 aromatic heterocycles. The molecular formula is C10H20N2O. The van der Waals surface area contributed by atoms with Gasteiger partial charge in [-0.15, -0.1) is 0 Å². The van der Waals surface area contributed by atoms with Gasteiger partial charge in [-0.2, -0.15) is 0 Å². The molecule has 3 heteroatoms. The van der Waals surface area contributed by atoms with Gasteiger partial charge in [0.25, 0.3) is 0 Å². The number of rotatable bonds is 2. The summed E-state index contributed by atoms with van der Waals surface area (Å²) in [6, 6.07) is 1.72. The van der Waals surface area contributed by atoms with Crippen LogP contribution in [0.2, 0.25) is 0 Å². The zero-order valence-corrected chi connectivity index (χ0v) is 8.32. The van der Waals surface area contributed by atoms with Crippen LogP contribution in [-0.4, -0.2) is 40.8 Å². The Kier molecular flexibility index (Phi) is 2.58. The van der Waals surface area contributed by atoms with Crippen LogP contribution in [0.25, 0.3) is 0 Å². The van der Waals surface area contributed by atoms with Crippen LogP contribution in [0.4, 0.5) is 0 Å². The maximum Gasteiger partial charge on any atom is 0.0639 e. The number of piperidine rings is 1. The van der Waals surface area contributed by atoms with E-state index in [0.29, 0.717) is 18.1 Å². The minimum Gasteiger partial charge on any atom is -0.392 e. The Balaban J connectivity index is 1.98. The lowest BCUT2D eigenvalue weighted by molar-refractivity contribution is 0.0652. The van der Waals surface area contributed by atoms with Crippen LogP contribution in [0.5, 0.6) is 0 Å². The standard InChI is InChI=1S/C10H20N2O/c1-7(13)6-12-9-2-3-10(12)5-8(11)4-9/h7-10,13H,2-6,11H2,1H3/t7-,8?,9?,10?/m0/s1. The first-order chi connectivity index (χ1) is 6.16. The summed E-state index contributed by atoms with van der Waals surface area (Å²) >= 11 is 0. The van der Waals surface area contributed by atoms with Crippen molar-refractivity contribution >= 4 is 0 Å². The number of aliphatic hydroxyl groups excluding tert-OH is 1. The highest BCUT2D eigenvalue weighted by Crippen LogP contribution is 2.34. The fraction of sp³-hybridized carbons (Fsp3) is 1.00. The van der Waals surface area contributed by atoms with Crippen LogP contribution in [0, 0.1) is 0 Å². The molecular weight excluding hydrogens is 164 g/mol. The maximum atomic E-state index is 9.36. The second-order valence-corrected chi connectivity index (χ2v) is 4.66. The first-order valence-corrected chi connectivity index (χ1v) is 5.36. The fourth-order valence-corrected chi connectivity index (χ4v) is 2.92. The molecule has 3 N–H and O–H groups in total. The highest BCUT2D eigenvalue weighted by molar-refractivity contribution is 4.96. The molecule has 2 heterocycles. The zero-order valence-electron chi connectivity index (χ0n) is 8.32. The maximum absolute atomic E-state index is 9.36. The summed E-state index contributed by atoms with van der Waals surface area (Å²) in [5.74, 6) is 0. The first-order valence-electron chi connectivity index (χ1n) is 5.36. The number of aliphatic hydroxyl groups is 1. The van der Waals surface area contributed by atoms with Crippen molar-refractivity contribution in [3.63, 3.8) is 0 Å². The monoisotopic (exact) mass is 184 g/mol. The summed E-state index contributed by atoms with van der Waals surface area (Å²) in [6.45, 7) is 2.70.